The number of alkyl carbamates (subject to hydrolysis) is 1. The summed E-state index contributed by atoms with van der Waals surface area (Å²) in [6, 6.07) is 15.1. The zero-order chi connectivity index (χ0) is 33.6. The summed E-state index contributed by atoms with van der Waals surface area (Å²) >= 11 is 1.24. The Morgan fingerprint density at radius 2 is 1.65 bits per heavy atom. The summed E-state index contributed by atoms with van der Waals surface area (Å²) in [5.41, 5.74) is 3.66. The summed E-state index contributed by atoms with van der Waals surface area (Å²) in [6.07, 6.45) is 2.13. The van der Waals surface area contributed by atoms with Crippen molar-refractivity contribution in [3.63, 3.8) is 0 Å². The SMILES string of the molecule is Cc1cccc(C)c1-c1cc(OC[C@@H](CC(C)(C)C)NC2CC(NC(=O)OC(C)(C)C)C2)nc(NSc2cccc(C(=O)O)c2)n1. The van der Waals surface area contributed by atoms with Crippen LogP contribution in [0.3, 0.4) is 0 Å². The number of hydrogen-bond acceptors (Lipinski definition) is 9. The lowest BCUT2D eigenvalue weighted by Crippen LogP contribution is -2.56. The molecule has 0 aliphatic heterocycles. The molecule has 1 saturated carbocycles. The van der Waals surface area contributed by atoms with E-state index in [0.717, 1.165) is 46.5 Å². The van der Waals surface area contributed by atoms with E-state index >= 15 is 0 Å². The van der Waals surface area contributed by atoms with Crippen molar-refractivity contribution in [2.24, 2.45) is 5.41 Å². The quantitative estimate of drug-likeness (QED) is 0.147. The van der Waals surface area contributed by atoms with Crippen molar-refractivity contribution in [2.75, 3.05) is 11.3 Å². The molecule has 1 aliphatic carbocycles. The highest BCUT2D eigenvalue weighted by Gasteiger charge is 2.34. The van der Waals surface area contributed by atoms with Gasteiger partial charge < -0.3 is 25.2 Å². The molecule has 11 heteroatoms. The monoisotopic (exact) mass is 649 g/mol. The summed E-state index contributed by atoms with van der Waals surface area (Å²) < 4.78 is 15.0. The van der Waals surface area contributed by atoms with Crippen molar-refractivity contribution >= 4 is 30.0 Å². The molecule has 1 amide bonds. The molecule has 2 aromatic carbocycles. The first-order valence-electron chi connectivity index (χ1n) is 15.6. The number of benzene rings is 2. The van der Waals surface area contributed by atoms with Crippen molar-refractivity contribution in [1.29, 1.82) is 0 Å². The number of aromatic carboxylic acids is 1. The number of carbonyl (C=O) groups is 2. The van der Waals surface area contributed by atoms with E-state index in [1.54, 1.807) is 18.2 Å². The van der Waals surface area contributed by atoms with Crippen LogP contribution < -0.4 is 20.1 Å². The van der Waals surface area contributed by atoms with Crippen LogP contribution in [-0.4, -0.2) is 57.5 Å². The van der Waals surface area contributed by atoms with E-state index in [1.807, 2.05) is 39.0 Å². The van der Waals surface area contributed by atoms with Crippen molar-refractivity contribution in [1.82, 2.24) is 20.6 Å². The molecule has 1 heterocycles. The molecule has 4 N–H and O–H groups in total. The predicted molar refractivity (Wildman–Crippen MR) is 182 cm³/mol. The fraction of sp³-hybridized carbons (Fsp3) is 0.486. The second-order valence-electron chi connectivity index (χ2n) is 14.2. The van der Waals surface area contributed by atoms with Gasteiger partial charge in [0.2, 0.25) is 11.8 Å². The van der Waals surface area contributed by atoms with Crippen molar-refractivity contribution in [3.05, 3.63) is 65.2 Å². The topological polar surface area (TPSA) is 135 Å². The van der Waals surface area contributed by atoms with Gasteiger partial charge in [0, 0.05) is 34.7 Å². The van der Waals surface area contributed by atoms with E-state index in [2.05, 4.69) is 67.1 Å². The van der Waals surface area contributed by atoms with E-state index < -0.39 is 11.6 Å². The second-order valence-corrected chi connectivity index (χ2v) is 15.0. The Hall–Kier alpha value is -3.83. The number of amides is 1. The minimum atomic E-state index is -0.985. The largest absolute Gasteiger partial charge is 0.478 e. The Kier molecular flexibility index (Phi) is 11.2. The zero-order valence-electron chi connectivity index (χ0n) is 28.1. The number of aryl methyl sites for hydroxylation is 2. The van der Waals surface area contributed by atoms with E-state index in [1.165, 1.54) is 11.9 Å². The van der Waals surface area contributed by atoms with Gasteiger partial charge in [-0.05, 0) is 101 Å². The molecular weight excluding hydrogens is 602 g/mol. The Labute approximate surface area is 276 Å². The first-order valence-corrected chi connectivity index (χ1v) is 16.5. The van der Waals surface area contributed by atoms with Gasteiger partial charge in [-0.15, -0.1) is 0 Å². The maximum absolute atomic E-state index is 12.2. The molecule has 0 radical (unpaired) electrons. The Bertz CT molecular complexity index is 1510. The molecule has 1 aliphatic rings. The number of rotatable bonds is 12. The van der Waals surface area contributed by atoms with Gasteiger partial charge in [-0.3, -0.25) is 4.72 Å². The summed E-state index contributed by atoms with van der Waals surface area (Å²) in [5, 5.41) is 16.1. The Morgan fingerprint density at radius 3 is 2.28 bits per heavy atom. The standard InChI is InChI=1S/C35H47N5O5S/c1-21-11-9-12-22(2)30(21)28-18-29(39-32(38-28)40-46-27-14-10-13-23(15-27)31(41)42)44-20-26(19-34(3,4)5)36-24-16-25(17-24)37-33(43)45-35(6,7)8/h9-15,18,24-26,36H,16-17,19-20H2,1-8H3,(H,37,43)(H,41,42)(H,38,39,40)/t24?,25?,26-/m1/s1. The molecule has 46 heavy (non-hydrogen) atoms. The summed E-state index contributed by atoms with van der Waals surface area (Å²) in [6.45, 7) is 16.7. The van der Waals surface area contributed by atoms with Gasteiger partial charge in [0.25, 0.3) is 0 Å². The van der Waals surface area contributed by atoms with Crippen molar-refractivity contribution in [3.8, 4) is 17.1 Å². The first kappa shape index (κ1) is 35.0. The van der Waals surface area contributed by atoms with Crippen LogP contribution in [0.15, 0.2) is 53.4 Å². The highest BCUT2D eigenvalue weighted by molar-refractivity contribution is 8.00. The molecule has 0 unspecified atom stereocenters. The van der Waals surface area contributed by atoms with Gasteiger partial charge in [0.05, 0.1) is 11.3 Å². The smallest absolute Gasteiger partial charge is 0.407 e. The van der Waals surface area contributed by atoms with Crippen LogP contribution in [0.2, 0.25) is 0 Å². The Balaban J connectivity index is 1.49. The molecule has 248 valence electrons. The van der Waals surface area contributed by atoms with E-state index in [4.69, 9.17) is 14.5 Å². The van der Waals surface area contributed by atoms with Gasteiger partial charge in [-0.1, -0.05) is 45.0 Å². The number of aromatic nitrogens is 2. The number of anilines is 1. The normalized spacial score (nSPS) is 17.0. The molecule has 1 fully saturated rings. The minimum Gasteiger partial charge on any atom is -0.478 e. The molecule has 1 atom stereocenters. The minimum absolute atomic E-state index is 0.0515. The van der Waals surface area contributed by atoms with Crippen LogP contribution >= 0.6 is 11.9 Å². The summed E-state index contributed by atoms with van der Waals surface area (Å²) in [5.74, 6) is -0.188. The number of carboxylic acids is 1. The van der Waals surface area contributed by atoms with Crippen LogP contribution in [0.1, 0.15) is 82.3 Å². The second kappa shape index (κ2) is 14.7. The lowest BCUT2D eigenvalue weighted by molar-refractivity contribution is 0.0458. The fourth-order valence-electron chi connectivity index (χ4n) is 5.46. The average Bonchev–Trinajstić information content (AvgIpc) is 2.92. The molecule has 3 aromatic rings. The third-order valence-electron chi connectivity index (χ3n) is 7.40. The van der Waals surface area contributed by atoms with Gasteiger partial charge in [-0.2, -0.15) is 4.98 Å². The number of hydrogen-bond donors (Lipinski definition) is 4. The molecule has 10 nitrogen and oxygen atoms in total. The summed E-state index contributed by atoms with van der Waals surface area (Å²) in [7, 11) is 0. The third-order valence-corrected chi connectivity index (χ3v) is 8.18. The Morgan fingerprint density at radius 1 is 0.978 bits per heavy atom. The summed E-state index contributed by atoms with van der Waals surface area (Å²) in [4.78, 5) is 33.8. The predicted octanol–water partition coefficient (Wildman–Crippen LogP) is 7.41. The lowest BCUT2D eigenvalue weighted by atomic mass is 9.84. The molecule has 0 spiro atoms. The van der Waals surface area contributed by atoms with Gasteiger partial charge in [0.1, 0.15) is 12.2 Å². The highest BCUT2D eigenvalue weighted by atomic mass is 32.2. The average molecular weight is 650 g/mol. The maximum atomic E-state index is 12.2. The van der Waals surface area contributed by atoms with Crippen LogP contribution in [-0.2, 0) is 4.74 Å². The highest BCUT2D eigenvalue weighted by Crippen LogP contribution is 2.31. The number of nitrogens with one attached hydrogen (secondary N) is 3. The number of carboxylic acid groups (broad SMARTS) is 1. The van der Waals surface area contributed by atoms with Gasteiger partial charge in [-0.25, -0.2) is 14.6 Å². The fourth-order valence-corrected chi connectivity index (χ4v) is 6.09. The third kappa shape index (κ3) is 10.6. The molecule has 0 bridgehead atoms. The molecule has 1 aromatic heterocycles. The van der Waals surface area contributed by atoms with Crippen LogP contribution in [0, 0.1) is 19.3 Å². The zero-order valence-corrected chi connectivity index (χ0v) is 28.9. The van der Waals surface area contributed by atoms with Crippen LogP contribution in [0.5, 0.6) is 5.88 Å². The maximum Gasteiger partial charge on any atom is 0.407 e. The van der Waals surface area contributed by atoms with Crippen molar-refractivity contribution < 1.29 is 24.2 Å². The molecule has 4 rings (SSSR count). The molecular formula is C35H47N5O5S. The molecule has 0 saturated heterocycles. The van der Waals surface area contributed by atoms with Gasteiger partial charge in [0.15, 0.2) is 0 Å². The van der Waals surface area contributed by atoms with Gasteiger partial charge >= 0.3 is 12.1 Å². The first-order chi connectivity index (χ1) is 21.5. The lowest BCUT2D eigenvalue weighted by Gasteiger charge is -2.40. The van der Waals surface area contributed by atoms with E-state index in [9.17, 15) is 14.7 Å². The number of carbonyl (C=O) groups excluding carboxylic acids is 1. The van der Waals surface area contributed by atoms with E-state index in [0.29, 0.717) is 18.4 Å². The number of nitrogens with zero attached hydrogens (tertiary/aromatic N) is 2. The van der Waals surface area contributed by atoms with Crippen LogP contribution in [0.25, 0.3) is 11.3 Å². The van der Waals surface area contributed by atoms with E-state index in [-0.39, 0.29) is 35.2 Å². The number of ether oxygens (including phenoxy) is 2. The van der Waals surface area contributed by atoms with Crippen molar-refractivity contribution in [2.45, 2.75) is 103 Å². The van der Waals surface area contributed by atoms with Crippen LogP contribution in [0.4, 0.5) is 10.7 Å².